The molecule has 108 valence electrons. The van der Waals surface area contributed by atoms with Crippen molar-refractivity contribution in [1.29, 1.82) is 0 Å². The zero-order valence-corrected chi connectivity index (χ0v) is 12.6. The summed E-state index contributed by atoms with van der Waals surface area (Å²) in [6.45, 7) is 4.90. The van der Waals surface area contributed by atoms with Crippen LogP contribution in [0.1, 0.15) is 17.4 Å². The smallest absolute Gasteiger partial charge is 0.339 e. The van der Waals surface area contributed by atoms with Gasteiger partial charge in [0.2, 0.25) is 0 Å². The van der Waals surface area contributed by atoms with Gasteiger partial charge in [-0.05, 0) is 26.3 Å². The summed E-state index contributed by atoms with van der Waals surface area (Å²) in [5, 5.41) is 10.6. The van der Waals surface area contributed by atoms with E-state index in [0.29, 0.717) is 10.2 Å². The Morgan fingerprint density at radius 1 is 1.55 bits per heavy atom. The normalized spacial score (nSPS) is 14.2. The summed E-state index contributed by atoms with van der Waals surface area (Å²) in [6, 6.07) is 0. The maximum absolute atomic E-state index is 12.4. The Morgan fingerprint density at radius 2 is 2.20 bits per heavy atom. The Bertz CT molecular complexity index is 730. The molecular weight excluding hydrogens is 280 g/mol. The van der Waals surface area contributed by atoms with Gasteiger partial charge in [-0.3, -0.25) is 9.36 Å². The molecule has 6 nitrogen and oxygen atoms in total. The quantitative estimate of drug-likeness (QED) is 0.855. The number of rotatable bonds is 3. The first-order valence-electron chi connectivity index (χ1n) is 6.04. The Labute approximate surface area is 119 Å². The molecule has 2 rings (SSSR count). The molecule has 0 bridgehead atoms. The van der Waals surface area contributed by atoms with E-state index in [9.17, 15) is 14.7 Å². The topological polar surface area (TPSA) is 81.4 Å². The van der Waals surface area contributed by atoms with Crippen molar-refractivity contribution < 1.29 is 14.6 Å². The van der Waals surface area contributed by atoms with E-state index in [4.69, 9.17) is 0 Å². The summed E-state index contributed by atoms with van der Waals surface area (Å²) >= 11 is 1.45. The van der Waals surface area contributed by atoms with Crippen molar-refractivity contribution in [2.75, 3.05) is 7.11 Å². The average molecular weight is 296 g/mol. The van der Waals surface area contributed by atoms with Crippen LogP contribution in [0.25, 0.3) is 10.2 Å². The van der Waals surface area contributed by atoms with Gasteiger partial charge in [-0.15, -0.1) is 11.3 Å². The van der Waals surface area contributed by atoms with Crippen LogP contribution in [0.15, 0.2) is 11.1 Å². The number of aromatic nitrogens is 2. The number of ether oxygens (including phenoxy) is 1. The summed E-state index contributed by atoms with van der Waals surface area (Å²) in [5.74, 6) is -0.789. The number of methoxy groups -OCH3 is 1. The summed E-state index contributed by atoms with van der Waals surface area (Å²) < 4.78 is 5.75. The molecule has 0 saturated carbocycles. The van der Waals surface area contributed by atoms with Crippen molar-refractivity contribution in [3.8, 4) is 0 Å². The molecule has 0 amide bonds. The lowest BCUT2D eigenvalue weighted by Crippen LogP contribution is -2.43. The molecule has 0 saturated heterocycles. The minimum atomic E-state index is -1.77. The summed E-state index contributed by atoms with van der Waals surface area (Å²) in [4.78, 5) is 29.8. The molecule has 2 heterocycles. The fraction of sp³-hybridized carbons (Fsp3) is 0.462. The number of nitrogens with zero attached hydrogens (tertiary/aromatic N) is 2. The van der Waals surface area contributed by atoms with Gasteiger partial charge in [-0.1, -0.05) is 0 Å². The van der Waals surface area contributed by atoms with Gasteiger partial charge in [0.25, 0.3) is 5.56 Å². The predicted octanol–water partition coefficient (Wildman–Crippen LogP) is 0.999. The molecule has 1 atom stereocenters. The van der Waals surface area contributed by atoms with Crippen molar-refractivity contribution >= 4 is 27.5 Å². The molecule has 7 heteroatoms. The summed E-state index contributed by atoms with van der Waals surface area (Å²) in [7, 11) is 1.19. The number of hydrogen-bond acceptors (Lipinski definition) is 6. The lowest BCUT2D eigenvalue weighted by Gasteiger charge is -2.20. The third-order valence-electron chi connectivity index (χ3n) is 3.26. The molecule has 1 unspecified atom stereocenters. The molecule has 0 aliphatic rings. The lowest BCUT2D eigenvalue weighted by atomic mass is 10.1. The van der Waals surface area contributed by atoms with Gasteiger partial charge in [0.05, 0.1) is 25.4 Å². The highest BCUT2D eigenvalue weighted by atomic mass is 32.1. The van der Waals surface area contributed by atoms with Crippen LogP contribution < -0.4 is 5.56 Å². The van der Waals surface area contributed by atoms with Crippen molar-refractivity contribution in [3.63, 3.8) is 0 Å². The Morgan fingerprint density at radius 3 is 2.80 bits per heavy atom. The first kappa shape index (κ1) is 14.7. The van der Waals surface area contributed by atoms with Crippen LogP contribution in [-0.2, 0) is 16.1 Å². The van der Waals surface area contributed by atoms with Crippen molar-refractivity contribution in [2.45, 2.75) is 32.9 Å². The lowest BCUT2D eigenvalue weighted by molar-refractivity contribution is -0.161. The number of aliphatic hydroxyl groups is 1. The van der Waals surface area contributed by atoms with Gasteiger partial charge in [0.15, 0.2) is 5.60 Å². The third-order valence-corrected chi connectivity index (χ3v) is 4.37. The maximum atomic E-state index is 12.4. The highest BCUT2D eigenvalue weighted by molar-refractivity contribution is 7.18. The van der Waals surface area contributed by atoms with Gasteiger partial charge < -0.3 is 9.84 Å². The fourth-order valence-electron chi connectivity index (χ4n) is 2.00. The molecule has 2 aromatic heterocycles. The average Bonchev–Trinajstić information content (AvgIpc) is 2.68. The summed E-state index contributed by atoms with van der Waals surface area (Å²) in [5.41, 5.74) is -1.15. The van der Waals surface area contributed by atoms with Crippen LogP contribution in [0.4, 0.5) is 0 Å². The van der Waals surface area contributed by atoms with Crippen LogP contribution in [-0.4, -0.2) is 33.3 Å². The minimum absolute atomic E-state index is 0.199. The zero-order chi connectivity index (χ0) is 15.1. The molecule has 20 heavy (non-hydrogen) atoms. The summed E-state index contributed by atoms with van der Waals surface area (Å²) in [6.07, 6.45) is 1.34. The van der Waals surface area contributed by atoms with Crippen LogP contribution >= 0.6 is 11.3 Å². The fourth-order valence-corrected chi connectivity index (χ4v) is 2.99. The third kappa shape index (κ3) is 2.34. The second-order valence-electron chi connectivity index (χ2n) is 4.91. The molecule has 0 fully saturated rings. The van der Waals surface area contributed by atoms with Crippen molar-refractivity contribution in [1.82, 2.24) is 9.55 Å². The Hall–Kier alpha value is -1.73. The van der Waals surface area contributed by atoms with Crippen LogP contribution in [0, 0.1) is 13.8 Å². The number of thiophene rings is 1. The predicted molar refractivity (Wildman–Crippen MR) is 76.0 cm³/mol. The van der Waals surface area contributed by atoms with E-state index in [0.717, 1.165) is 10.4 Å². The second-order valence-corrected chi connectivity index (χ2v) is 6.11. The van der Waals surface area contributed by atoms with Crippen molar-refractivity contribution in [2.24, 2.45) is 0 Å². The maximum Gasteiger partial charge on any atom is 0.339 e. The van der Waals surface area contributed by atoms with Crippen LogP contribution in [0.5, 0.6) is 0 Å². The molecule has 0 aliphatic heterocycles. The van der Waals surface area contributed by atoms with E-state index in [-0.39, 0.29) is 12.1 Å². The number of aryl methyl sites for hydroxylation is 2. The molecule has 0 aliphatic carbocycles. The minimum Gasteiger partial charge on any atom is -0.467 e. The number of carbonyl (C=O) groups is 1. The van der Waals surface area contributed by atoms with E-state index >= 15 is 0 Å². The standard InChI is InChI=1S/C13H16N2O4S/c1-7-8(2)20-10-9(7)11(16)15(6-14-10)5-13(3,18)12(17)19-4/h6,18H,5H2,1-4H3. The second kappa shape index (κ2) is 4.99. The monoisotopic (exact) mass is 296 g/mol. The van der Waals surface area contributed by atoms with Gasteiger partial charge in [0.1, 0.15) is 4.83 Å². The van der Waals surface area contributed by atoms with E-state index in [1.54, 1.807) is 0 Å². The highest BCUT2D eigenvalue weighted by Gasteiger charge is 2.32. The number of fused-ring (bicyclic) bond motifs is 1. The first-order chi connectivity index (χ1) is 9.27. The van der Waals surface area contributed by atoms with Crippen LogP contribution in [0.3, 0.4) is 0 Å². The molecule has 0 radical (unpaired) electrons. The largest absolute Gasteiger partial charge is 0.467 e. The van der Waals surface area contributed by atoms with Gasteiger partial charge in [0, 0.05) is 4.88 Å². The highest BCUT2D eigenvalue weighted by Crippen LogP contribution is 2.25. The molecule has 0 spiro atoms. The Balaban J connectivity index is 2.52. The van der Waals surface area contributed by atoms with Gasteiger partial charge >= 0.3 is 5.97 Å². The van der Waals surface area contributed by atoms with E-state index in [1.165, 1.54) is 36.3 Å². The molecular formula is C13H16N2O4S. The SMILES string of the molecule is COC(=O)C(C)(O)Cn1cnc2sc(C)c(C)c2c1=O. The van der Waals surface area contributed by atoms with E-state index in [2.05, 4.69) is 9.72 Å². The number of carbonyl (C=O) groups excluding carboxylic acids is 1. The van der Waals surface area contributed by atoms with Gasteiger partial charge in [-0.25, -0.2) is 9.78 Å². The van der Waals surface area contributed by atoms with Gasteiger partial charge in [-0.2, -0.15) is 0 Å². The van der Waals surface area contributed by atoms with Crippen LogP contribution in [0.2, 0.25) is 0 Å². The zero-order valence-electron chi connectivity index (χ0n) is 11.8. The Kier molecular flexibility index (Phi) is 3.66. The molecule has 2 aromatic rings. The molecule has 0 aromatic carbocycles. The van der Waals surface area contributed by atoms with E-state index < -0.39 is 11.6 Å². The number of hydrogen-bond donors (Lipinski definition) is 1. The first-order valence-corrected chi connectivity index (χ1v) is 6.85. The van der Waals surface area contributed by atoms with E-state index in [1.807, 2.05) is 13.8 Å². The van der Waals surface area contributed by atoms with Crippen molar-refractivity contribution in [3.05, 3.63) is 27.1 Å². The molecule has 1 N–H and O–H groups in total. The number of esters is 1.